The maximum atomic E-state index is 12.2. The van der Waals surface area contributed by atoms with Crippen molar-refractivity contribution in [2.75, 3.05) is 32.5 Å². The molecule has 154 valence electrons. The summed E-state index contributed by atoms with van der Waals surface area (Å²) in [6.45, 7) is 1.68. The molecule has 3 heterocycles. The summed E-state index contributed by atoms with van der Waals surface area (Å²) in [6, 6.07) is 8.23. The number of nitrogens with one attached hydrogen (secondary N) is 2. The van der Waals surface area contributed by atoms with E-state index in [9.17, 15) is 8.42 Å². The first-order valence-electron chi connectivity index (χ1n) is 9.06. The van der Waals surface area contributed by atoms with Gasteiger partial charge in [-0.1, -0.05) is 11.6 Å². The molecule has 0 saturated carbocycles. The van der Waals surface area contributed by atoms with Crippen LogP contribution in [0, 0.1) is 0 Å². The van der Waals surface area contributed by atoms with Crippen LogP contribution in [-0.4, -0.2) is 60.6 Å². The molecule has 1 aromatic carbocycles. The van der Waals surface area contributed by atoms with Gasteiger partial charge in [-0.2, -0.15) is 14.6 Å². The average molecular weight is 437 g/mol. The summed E-state index contributed by atoms with van der Waals surface area (Å²) < 4.78 is 33.2. The van der Waals surface area contributed by atoms with Crippen LogP contribution in [-0.2, 0) is 10.0 Å². The van der Waals surface area contributed by atoms with Gasteiger partial charge in [0.15, 0.2) is 5.65 Å². The number of sulfonamides is 1. The number of halogens is 1. The highest BCUT2D eigenvalue weighted by Crippen LogP contribution is 2.27. The lowest BCUT2D eigenvalue weighted by molar-refractivity contribution is 0.214. The Labute approximate surface area is 173 Å². The Balaban J connectivity index is 1.64. The zero-order chi connectivity index (χ0) is 20.6. The lowest BCUT2D eigenvalue weighted by Crippen LogP contribution is -2.22. The Morgan fingerprint density at radius 1 is 1.31 bits per heavy atom. The van der Waals surface area contributed by atoms with Gasteiger partial charge in [-0.05, 0) is 37.2 Å². The Bertz CT molecular complexity index is 1120. The molecule has 0 unspecified atom stereocenters. The fourth-order valence-corrected chi connectivity index (χ4v) is 4.10. The van der Waals surface area contributed by atoms with E-state index in [-0.39, 0.29) is 11.0 Å². The molecule has 2 N–H and O–H groups in total. The van der Waals surface area contributed by atoms with Gasteiger partial charge >= 0.3 is 0 Å². The van der Waals surface area contributed by atoms with E-state index in [4.69, 9.17) is 16.3 Å². The number of hydrogen-bond acceptors (Lipinski definition) is 7. The van der Waals surface area contributed by atoms with Gasteiger partial charge in [0, 0.05) is 32.4 Å². The van der Waals surface area contributed by atoms with E-state index in [0.29, 0.717) is 28.1 Å². The summed E-state index contributed by atoms with van der Waals surface area (Å²) >= 11 is 6.22. The molecule has 1 fully saturated rings. The second-order valence-corrected chi connectivity index (χ2v) is 9.44. The molecular weight excluding hydrogens is 416 g/mol. The third-order valence-electron chi connectivity index (χ3n) is 4.61. The molecule has 4 rings (SSSR count). The predicted molar refractivity (Wildman–Crippen MR) is 110 cm³/mol. The third-order valence-corrected chi connectivity index (χ3v) is 6.71. The van der Waals surface area contributed by atoms with Crippen molar-refractivity contribution in [2.24, 2.45) is 0 Å². The van der Waals surface area contributed by atoms with Gasteiger partial charge in [0.2, 0.25) is 15.9 Å². The van der Waals surface area contributed by atoms with Crippen molar-refractivity contribution in [3.8, 4) is 5.88 Å². The molecule has 0 amide bonds. The summed E-state index contributed by atoms with van der Waals surface area (Å²) in [5, 5.41) is 11.2. The molecule has 0 bridgehead atoms. The van der Waals surface area contributed by atoms with Crippen LogP contribution in [0.15, 0.2) is 41.4 Å². The highest BCUT2D eigenvalue weighted by Gasteiger charge is 2.19. The van der Waals surface area contributed by atoms with Gasteiger partial charge in [0.1, 0.15) is 16.9 Å². The fraction of sp³-hybridized carbons (Fsp3) is 0.333. The number of rotatable bonds is 6. The Hall–Kier alpha value is -2.40. The quantitative estimate of drug-likeness (QED) is 0.610. The van der Waals surface area contributed by atoms with E-state index in [0.717, 1.165) is 19.5 Å². The van der Waals surface area contributed by atoms with Crippen LogP contribution in [0.25, 0.3) is 5.65 Å². The highest BCUT2D eigenvalue weighted by atomic mass is 35.5. The lowest BCUT2D eigenvalue weighted by Gasteiger charge is -2.15. The van der Waals surface area contributed by atoms with Crippen molar-refractivity contribution in [1.29, 1.82) is 0 Å². The van der Waals surface area contributed by atoms with Gasteiger partial charge in [-0.15, -0.1) is 0 Å². The zero-order valence-electron chi connectivity index (χ0n) is 16.0. The number of ether oxygens (including phenoxy) is 1. The number of nitrogens with zero attached hydrogens (tertiary/aromatic N) is 4. The first-order valence-corrected chi connectivity index (χ1v) is 10.9. The Morgan fingerprint density at radius 2 is 2.07 bits per heavy atom. The van der Waals surface area contributed by atoms with Crippen LogP contribution in [0.5, 0.6) is 5.88 Å². The minimum Gasteiger partial charge on any atom is -0.473 e. The van der Waals surface area contributed by atoms with Crippen LogP contribution in [0.4, 0.5) is 11.5 Å². The van der Waals surface area contributed by atoms with E-state index in [1.807, 2.05) is 0 Å². The van der Waals surface area contributed by atoms with Crippen molar-refractivity contribution >= 4 is 38.8 Å². The molecule has 0 radical (unpaired) electrons. The number of aromatic nitrogens is 3. The van der Waals surface area contributed by atoms with Crippen molar-refractivity contribution in [2.45, 2.75) is 17.4 Å². The summed E-state index contributed by atoms with van der Waals surface area (Å²) in [6.07, 6.45) is 2.47. The van der Waals surface area contributed by atoms with Gasteiger partial charge in [-0.3, -0.25) is 0 Å². The molecule has 1 atom stereocenters. The molecule has 0 aliphatic carbocycles. The van der Waals surface area contributed by atoms with E-state index >= 15 is 0 Å². The Kier molecular flexibility index (Phi) is 5.34. The molecule has 3 aromatic rings. The normalized spacial score (nSPS) is 17.2. The molecule has 29 heavy (non-hydrogen) atoms. The van der Waals surface area contributed by atoms with Crippen molar-refractivity contribution in [3.63, 3.8) is 0 Å². The van der Waals surface area contributed by atoms with Crippen molar-refractivity contribution < 1.29 is 13.2 Å². The lowest BCUT2D eigenvalue weighted by atomic mass is 10.3. The van der Waals surface area contributed by atoms with Crippen LogP contribution in [0.1, 0.15) is 6.42 Å². The maximum absolute atomic E-state index is 12.2. The average Bonchev–Trinajstić information content (AvgIpc) is 3.33. The third kappa shape index (κ3) is 4.01. The molecule has 1 aliphatic rings. The fourth-order valence-electron chi connectivity index (χ4n) is 3.03. The largest absolute Gasteiger partial charge is 0.473 e. The summed E-state index contributed by atoms with van der Waals surface area (Å²) in [5.74, 6) is 1.05. The number of anilines is 2. The van der Waals surface area contributed by atoms with Crippen molar-refractivity contribution in [1.82, 2.24) is 24.2 Å². The smallest absolute Gasteiger partial charge is 0.242 e. The van der Waals surface area contributed by atoms with Gasteiger partial charge < -0.3 is 15.4 Å². The van der Waals surface area contributed by atoms with E-state index < -0.39 is 10.0 Å². The predicted octanol–water partition coefficient (Wildman–Crippen LogP) is 2.12. The van der Waals surface area contributed by atoms with Crippen molar-refractivity contribution in [3.05, 3.63) is 41.6 Å². The number of fused-ring (bicyclic) bond motifs is 1. The zero-order valence-corrected chi connectivity index (χ0v) is 17.5. The minimum atomic E-state index is -3.48. The second kappa shape index (κ2) is 7.79. The molecule has 9 nitrogen and oxygen atoms in total. The minimum absolute atomic E-state index is 0.0509. The van der Waals surface area contributed by atoms with Crippen LogP contribution in [0.3, 0.4) is 0 Å². The molecule has 0 spiro atoms. The Morgan fingerprint density at radius 3 is 2.72 bits per heavy atom. The molecule has 11 heteroatoms. The highest BCUT2D eigenvalue weighted by molar-refractivity contribution is 7.89. The van der Waals surface area contributed by atoms with E-state index in [1.54, 1.807) is 34.8 Å². The molecule has 1 aliphatic heterocycles. The topological polar surface area (TPSA) is 101 Å². The molecular formula is C18H21ClN6O3S. The molecule has 2 aromatic heterocycles. The van der Waals surface area contributed by atoms with Gasteiger partial charge in [0.05, 0.1) is 11.1 Å². The van der Waals surface area contributed by atoms with Crippen LogP contribution < -0.4 is 15.4 Å². The summed E-state index contributed by atoms with van der Waals surface area (Å²) in [7, 11) is -0.487. The summed E-state index contributed by atoms with van der Waals surface area (Å²) in [5.41, 5.74) is 1.17. The maximum Gasteiger partial charge on any atom is 0.242 e. The van der Waals surface area contributed by atoms with Gasteiger partial charge in [0.25, 0.3) is 0 Å². The SMILES string of the molecule is CN(C)S(=O)(=O)c1ccc(Nc2cc(O[C@H]3CCNC3)nc3c(Cl)cnn23)cc1. The first-order chi connectivity index (χ1) is 13.8. The standard InChI is InChI=1S/C18H21ClN6O3S/c1-24(2)29(26,27)14-5-3-12(4-6-14)22-16-9-17(28-13-7-8-20-10-13)23-18-15(19)11-21-25(16)18/h3-6,9,11,13,20,22H,7-8,10H2,1-2H3/t13-/m0/s1. The second-order valence-electron chi connectivity index (χ2n) is 6.88. The first kappa shape index (κ1) is 19.9. The van der Waals surface area contributed by atoms with Crippen LogP contribution >= 0.6 is 11.6 Å². The monoisotopic (exact) mass is 436 g/mol. The molecule has 1 saturated heterocycles. The van der Waals surface area contributed by atoms with E-state index in [2.05, 4.69) is 20.7 Å². The summed E-state index contributed by atoms with van der Waals surface area (Å²) in [4.78, 5) is 4.68. The number of hydrogen-bond donors (Lipinski definition) is 2. The van der Waals surface area contributed by atoms with Crippen LogP contribution in [0.2, 0.25) is 5.02 Å². The van der Waals surface area contributed by atoms with Gasteiger partial charge in [-0.25, -0.2) is 12.7 Å². The number of benzene rings is 1. The van der Waals surface area contributed by atoms with E-state index in [1.165, 1.54) is 24.6 Å².